The van der Waals surface area contributed by atoms with Crippen molar-refractivity contribution in [1.29, 1.82) is 0 Å². The van der Waals surface area contributed by atoms with Gasteiger partial charge in [-0.05, 0) is 19.1 Å². The summed E-state index contributed by atoms with van der Waals surface area (Å²) in [6, 6.07) is 5.11. The van der Waals surface area contributed by atoms with E-state index in [2.05, 4.69) is 19.9 Å². The van der Waals surface area contributed by atoms with E-state index in [0.29, 0.717) is 28.1 Å². The third-order valence-electron chi connectivity index (χ3n) is 2.83. The van der Waals surface area contributed by atoms with Crippen molar-refractivity contribution < 1.29 is 9.90 Å². The molecule has 0 fully saturated rings. The maximum atomic E-state index is 11.2. The van der Waals surface area contributed by atoms with E-state index in [1.54, 1.807) is 25.1 Å². The van der Waals surface area contributed by atoms with Gasteiger partial charge in [0.15, 0.2) is 5.69 Å². The summed E-state index contributed by atoms with van der Waals surface area (Å²) < 4.78 is 0. The summed E-state index contributed by atoms with van der Waals surface area (Å²) in [5.74, 6) is -0.548. The molecule has 0 aliphatic rings. The van der Waals surface area contributed by atoms with Crippen LogP contribution in [0.1, 0.15) is 16.3 Å². The predicted octanol–water partition coefficient (Wildman–Crippen LogP) is 1.25. The molecule has 0 aliphatic heterocycles. The minimum atomic E-state index is -1.07. The van der Waals surface area contributed by atoms with Gasteiger partial charge in [-0.3, -0.25) is 0 Å². The van der Waals surface area contributed by atoms with Crippen LogP contribution >= 0.6 is 0 Å². The molecule has 1 aromatic carbocycles. The Morgan fingerprint density at radius 3 is 2.68 bits per heavy atom. The number of aromatic nitrogens is 4. The Morgan fingerprint density at radius 2 is 1.95 bits per heavy atom. The fourth-order valence-corrected chi connectivity index (χ4v) is 2.04. The maximum absolute atomic E-state index is 11.2. The van der Waals surface area contributed by atoms with Crippen LogP contribution in [0.4, 0.5) is 0 Å². The minimum Gasteiger partial charge on any atom is -0.477 e. The van der Waals surface area contributed by atoms with Crippen LogP contribution in [0.25, 0.3) is 22.3 Å². The molecule has 2 aromatic heterocycles. The quantitative estimate of drug-likeness (QED) is 0.553. The van der Waals surface area contributed by atoms with Gasteiger partial charge < -0.3 is 20.1 Å². The van der Waals surface area contributed by atoms with Crippen LogP contribution < -0.4 is 5.69 Å². The Bertz CT molecular complexity index is 840. The number of hydrogen-bond acceptors (Lipinski definition) is 3. The molecule has 3 rings (SSSR count). The standard InChI is InChI=1S/C12H10N4O3/c1-5-13-9(10(14-5)11(17)18)6-2-3-7-8(4-6)16-12(19)15-7/h2-4H,1H3,(H,13,14)(H,17,18)(H2,15,16,19). The van der Waals surface area contributed by atoms with Crippen LogP contribution in [0.5, 0.6) is 0 Å². The van der Waals surface area contributed by atoms with E-state index >= 15 is 0 Å². The van der Waals surface area contributed by atoms with E-state index in [1.807, 2.05) is 0 Å². The van der Waals surface area contributed by atoms with E-state index in [-0.39, 0.29) is 11.4 Å². The fourth-order valence-electron chi connectivity index (χ4n) is 2.04. The second kappa shape index (κ2) is 3.84. The number of fused-ring (bicyclic) bond motifs is 1. The van der Waals surface area contributed by atoms with E-state index in [9.17, 15) is 9.59 Å². The fraction of sp³-hybridized carbons (Fsp3) is 0.0833. The lowest BCUT2D eigenvalue weighted by Crippen LogP contribution is -1.99. The predicted molar refractivity (Wildman–Crippen MR) is 68.2 cm³/mol. The molecular weight excluding hydrogens is 248 g/mol. The Balaban J connectivity index is 2.23. The Labute approximate surface area is 106 Å². The van der Waals surface area contributed by atoms with Gasteiger partial charge >= 0.3 is 11.7 Å². The van der Waals surface area contributed by atoms with Gasteiger partial charge in [0.1, 0.15) is 11.5 Å². The third kappa shape index (κ3) is 1.81. The van der Waals surface area contributed by atoms with Crippen molar-refractivity contribution in [2.45, 2.75) is 6.92 Å². The van der Waals surface area contributed by atoms with Gasteiger partial charge in [0.05, 0.1) is 11.0 Å². The number of carbonyl (C=O) groups is 1. The number of imidazole rings is 2. The van der Waals surface area contributed by atoms with E-state index in [1.165, 1.54) is 0 Å². The number of H-pyrrole nitrogens is 3. The van der Waals surface area contributed by atoms with Crippen LogP contribution in [0.2, 0.25) is 0 Å². The van der Waals surface area contributed by atoms with Crippen LogP contribution in [0.3, 0.4) is 0 Å². The number of hydrogen-bond donors (Lipinski definition) is 4. The molecule has 2 heterocycles. The van der Waals surface area contributed by atoms with Gasteiger partial charge in [-0.25, -0.2) is 14.6 Å². The number of nitrogens with zero attached hydrogens (tertiary/aromatic N) is 1. The largest absolute Gasteiger partial charge is 0.477 e. The van der Waals surface area contributed by atoms with Crippen molar-refractivity contribution in [2.24, 2.45) is 0 Å². The van der Waals surface area contributed by atoms with Crippen LogP contribution in [-0.4, -0.2) is 31.0 Å². The highest BCUT2D eigenvalue weighted by molar-refractivity contribution is 5.94. The molecule has 0 saturated heterocycles. The zero-order valence-electron chi connectivity index (χ0n) is 9.94. The zero-order valence-corrected chi connectivity index (χ0v) is 9.94. The van der Waals surface area contributed by atoms with E-state index in [4.69, 9.17) is 5.11 Å². The lowest BCUT2D eigenvalue weighted by molar-refractivity contribution is 0.0692. The summed E-state index contributed by atoms with van der Waals surface area (Å²) in [4.78, 5) is 34.5. The lowest BCUT2D eigenvalue weighted by atomic mass is 10.1. The average Bonchev–Trinajstić information content (AvgIpc) is 2.89. The molecule has 0 spiro atoms. The normalized spacial score (nSPS) is 11.0. The first-order valence-corrected chi connectivity index (χ1v) is 5.57. The second-order valence-electron chi connectivity index (χ2n) is 4.19. The zero-order chi connectivity index (χ0) is 13.6. The van der Waals surface area contributed by atoms with Crippen molar-refractivity contribution in [3.8, 4) is 11.3 Å². The first kappa shape index (κ1) is 11.3. The molecule has 96 valence electrons. The Morgan fingerprint density at radius 1 is 1.21 bits per heavy atom. The number of rotatable bonds is 2. The molecule has 0 atom stereocenters. The van der Waals surface area contributed by atoms with Crippen molar-refractivity contribution >= 4 is 17.0 Å². The molecule has 0 radical (unpaired) electrons. The summed E-state index contributed by atoms with van der Waals surface area (Å²) in [5.41, 5.74) is 1.99. The number of aromatic amines is 3. The molecule has 0 aliphatic carbocycles. The summed E-state index contributed by atoms with van der Waals surface area (Å²) in [6.45, 7) is 1.69. The number of aryl methyl sites for hydroxylation is 1. The first-order valence-electron chi connectivity index (χ1n) is 5.57. The van der Waals surface area contributed by atoms with Crippen molar-refractivity contribution in [3.63, 3.8) is 0 Å². The van der Waals surface area contributed by atoms with Crippen molar-refractivity contribution in [2.75, 3.05) is 0 Å². The molecular formula is C12H10N4O3. The minimum absolute atomic E-state index is 0.0368. The molecule has 0 bridgehead atoms. The summed E-state index contributed by atoms with van der Waals surface area (Å²) in [7, 11) is 0. The van der Waals surface area contributed by atoms with Gasteiger partial charge in [-0.1, -0.05) is 6.07 Å². The van der Waals surface area contributed by atoms with E-state index < -0.39 is 5.97 Å². The lowest BCUT2D eigenvalue weighted by Gasteiger charge is -1.99. The van der Waals surface area contributed by atoms with Gasteiger partial charge in [0, 0.05) is 5.56 Å². The monoisotopic (exact) mass is 258 g/mol. The Kier molecular flexibility index (Phi) is 2.28. The summed E-state index contributed by atoms with van der Waals surface area (Å²) in [5, 5.41) is 9.12. The molecule has 7 heteroatoms. The number of benzene rings is 1. The Hall–Kier alpha value is -2.83. The van der Waals surface area contributed by atoms with Crippen LogP contribution in [0.15, 0.2) is 23.0 Å². The highest BCUT2D eigenvalue weighted by Crippen LogP contribution is 2.24. The van der Waals surface area contributed by atoms with Gasteiger partial charge in [0.2, 0.25) is 0 Å². The van der Waals surface area contributed by atoms with Gasteiger partial charge in [0.25, 0.3) is 0 Å². The molecule has 0 unspecified atom stereocenters. The number of nitrogens with one attached hydrogen (secondary N) is 3. The highest BCUT2D eigenvalue weighted by atomic mass is 16.4. The van der Waals surface area contributed by atoms with E-state index in [0.717, 1.165) is 0 Å². The number of carboxylic acid groups (broad SMARTS) is 1. The molecule has 4 N–H and O–H groups in total. The van der Waals surface area contributed by atoms with Crippen molar-refractivity contribution in [1.82, 2.24) is 19.9 Å². The molecule has 19 heavy (non-hydrogen) atoms. The molecule has 0 saturated carbocycles. The average molecular weight is 258 g/mol. The molecule has 0 amide bonds. The van der Waals surface area contributed by atoms with Crippen molar-refractivity contribution in [3.05, 3.63) is 40.2 Å². The number of aromatic carboxylic acids is 1. The SMILES string of the molecule is Cc1nc(-c2ccc3[nH]c(=O)[nH]c3c2)c(C(=O)O)[nH]1. The second-order valence-corrected chi connectivity index (χ2v) is 4.19. The van der Waals surface area contributed by atoms with Gasteiger partial charge in [-0.2, -0.15) is 0 Å². The van der Waals surface area contributed by atoms with Crippen LogP contribution in [-0.2, 0) is 0 Å². The molecule has 3 aromatic rings. The smallest absolute Gasteiger partial charge is 0.354 e. The van der Waals surface area contributed by atoms with Gasteiger partial charge in [-0.15, -0.1) is 0 Å². The maximum Gasteiger partial charge on any atom is 0.354 e. The number of carboxylic acids is 1. The molecule has 7 nitrogen and oxygen atoms in total. The summed E-state index contributed by atoms with van der Waals surface area (Å²) in [6.07, 6.45) is 0. The third-order valence-corrected chi connectivity index (χ3v) is 2.83. The highest BCUT2D eigenvalue weighted by Gasteiger charge is 2.17. The summed E-state index contributed by atoms with van der Waals surface area (Å²) >= 11 is 0. The first-order chi connectivity index (χ1) is 9.04. The topological polar surface area (TPSA) is 115 Å². The van der Waals surface area contributed by atoms with Crippen LogP contribution in [0, 0.1) is 6.92 Å².